The van der Waals surface area contributed by atoms with Gasteiger partial charge in [0.1, 0.15) is 17.7 Å². The van der Waals surface area contributed by atoms with Crippen LogP contribution in [0.25, 0.3) is 0 Å². The van der Waals surface area contributed by atoms with Crippen LogP contribution in [-0.2, 0) is 11.2 Å². The molecule has 2 aromatic rings. The van der Waals surface area contributed by atoms with Gasteiger partial charge in [-0.1, -0.05) is 32.4 Å². The number of amides is 1. The summed E-state index contributed by atoms with van der Waals surface area (Å²) in [4.78, 5) is 15.4. The maximum Gasteiger partial charge on any atom is 0.247 e. The van der Waals surface area contributed by atoms with E-state index >= 15 is 0 Å². The van der Waals surface area contributed by atoms with E-state index in [2.05, 4.69) is 29.4 Å². The molecule has 6 nitrogen and oxygen atoms in total. The van der Waals surface area contributed by atoms with Gasteiger partial charge in [0.25, 0.3) is 0 Å². The zero-order valence-corrected chi connectivity index (χ0v) is 16.4. The Morgan fingerprint density at radius 1 is 1.33 bits per heavy atom. The van der Waals surface area contributed by atoms with Gasteiger partial charge >= 0.3 is 0 Å². The molecule has 7 heteroatoms. The summed E-state index contributed by atoms with van der Waals surface area (Å²) in [7, 11) is 0. The van der Waals surface area contributed by atoms with E-state index in [0.29, 0.717) is 12.2 Å². The number of tetrazole rings is 1. The van der Waals surface area contributed by atoms with Gasteiger partial charge in [0.15, 0.2) is 0 Å². The Kier molecular flexibility index (Phi) is 5.87. The topological polar surface area (TPSA) is 63.9 Å². The number of rotatable bonds is 6. The molecule has 1 saturated heterocycles. The molecule has 0 saturated carbocycles. The molecule has 0 aliphatic carbocycles. The van der Waals surface area contributed by atoms with Crippen molar-refractivity contribution in [2.24, 2.45) is 5.41 Å². The lowest BCUT2D eigenvalue weighted by Gasteiger charge is -2.41. The average Bonchev–Trinajstić information content (AvgIpc) is 3.06. The van der Waals surface area contributed by atoms with Gasteiger partial charge < -0.3 is 4.90 Å². The Hall–Kier alpha value is -2.31. The first-order valence-electron chi connectivity index (χ1n) is 9.69. The zero-order chi connectivity index (χ0) is 19.4. The molecule has 0 spiro atoms. The van der Waals surface area contributed by atoms with Gasteiger partial charge in [0, 0.05) is 19.5 Å². The maximum absolute atomic E-state index is 13.4. The largest absolute Gasteiger partial charge is 0.340 e. The molecule has 0 unspecified atom stereocenters. The van der Waals surface area contributed by atoms with E-state index in [9.17, 15) is 9.18 Å². The summed E-state index contributed by atoms with van der Waals surface area (Å²) in [5.41, 5.74) is 1.05. The fourth-order valence-electron chi connectivity index (χ4n) is 4.17. The predicted octanol–water partition coefficient (Wildman–Crippen LogP) is 3.33. The van der Waals surface area contributed by atoms with Gasteiger partial charge in [-0.2, -0.15) is 0 Å². The van der Waals surface area contributed by atoms with Crippen LogP contribution in [0, 0.1) is 18.2 Å². The molecule has 1 aliphatic rings. The number of carbonyl (C=O) groups excluding carboxylic acids is 1. The van der Waals surface area contributed by atoms with Crippen LogP contribution in [0.4, 0.5) is 4.39 Å². The van der Waals surface area contributed by atoms with Crippen LogP contribution in [0.15, 0.2) is 24.3 Å². The van der Waals surface area contributed by atoms with Gasteiger partial charge in [-0.3, -0.25) is 4.79 Å². The second kappa shape index (κ2) is 8.15. The lowest BCUT2D eigenvalue weighted by atomic mass is 9.78. The van der Waals surface area contributed by atoms with Gasteiger partial charge in [0.05, 0.1) is 0 Å². The smallest absolute Gasteiger partial charge is 0.247 e. The number of nitrogens with zero attached hydrogens (tertiary/aromatic N) is 5. The number of piperidine rings is 1. The van der Waals surface area contributed by atoms with Crippen molar-refractivity contribution in [2.45, 2.75) is 58.9 Å². The minimum Gasteiger partial charge on any atom is -0.340 e. The molecule has 1 aromatic carbocycles. The number of aryl methyl sites for hydroxylation is 1. The van der Waals surface area contributed by atoms with E-state index in [1.807, 2.05) is 4.90 Å². The molecule has 0 N–H and O–H groups in total. The van der Waals surface area contributed by atoms with E-state index in [1.165, 1.54) is 12.1 Å². The highest BCUT2D eigenvalue weighted by molar-refractivity contribution is 5.81. The number of aromatic nitrogens is 4. The molecular weight excluding hydrogens is 345 g/mol. The van der Waals surface area contributed by atoms with Crippen LogP contribution >= 0.6 is 0 Å². The van der Waals surface area contributed by atoms with E-state index in [1.54, 1.807) is 23.7 Å². The van der Waals surface area contributed by atoms with E-state index in [4.69, 9.17) is 0 Å². The summed E-state index contributed by atoms with van der Waals surface area (Å²) in [5, 5.41) is 11.7. The molecule has 27 heavy (non-hydrogen) atoms. The molecule has 1 aliphatic heterocycles. The highest BCUT2D eigenvalue weighted by Gasteiger charge is 2.36. The average molecular weight is 373 g/mol. The fraction of sp³-hybridized carbons (Fsp3) is 0.600. The molecule has 0 bridgehead atoms. The third kappa shape index (κ3) is 4.51. The van der Waals surface area contributed by atoms with Gasteiger partial charge in [-0.05, 0) is 59.7 Å². The maximum atomic E-state index is 13.4. The molecule has 3 rings (SSSR count). The number of halogens is 1. The van der Waals surface area contributed by atoms with Crippen molar-refractivity contribution < 1.29 is 9.18 Å². The van der Waals surface area contributed by atoms with E-state index in [0.717, 1.165) is 44.3 Å². The van der Waals surface area contributed by atoms with Crippen molar-refractivity contribution in [3.63, 3.8) is 0 Å². The van der Waals surface area contributed by atoms with Crippen molar-refractivity contribution >= 4 is 5.91 Å². The Morgan fingerprint density at radius 3 is 2.70 bits per heavy atom. The molecule has 1 aromatic heterocycles. The van der Waals surface area contributed by atoms with Gasteiger partial charge in [-0.15, -0.1) is 5.10 Å². The molecule has 1 fully saturated rings. The molecule has 1 amide bonds. The lowest BCUT2D eigenvalue weighted by molar-refractivity contribution is -0.138. The number of benzene rings is 1. The summed E-state index contributed by atoms with van der Waals surface area (Å²) in [6, 6.07) is 5.75. The number of hydrogen-bond donors (Lipinski definition) is 0. The summed E-state index contributed by atoms with van der Waals surface area (Å²) >= 11 is 0. The first-order chi connectivity index (χ1) is 12.9. The standard InChI is InChI=1S/C20H28FN5O/c1-4-10-20(3)11-5-12-25(14-20)19(27)18(26-15(2)22-23-24-26)13-16-6-8-17(21)9-7-16/h6-9,18H,4-5,10-14H2,1-3H3/t18-,20+/m1/s1. The van der Waals surface area contributed by atoms with Crippen LogP contribution in [-0.4, -0.2) is 44.1 Å². The van der Waals surface area contributed by atoms with E-state index in [-0.39, 0.29) is 17.1 Å². The molecule has 2 heterocycles. The Balaban J connectivity index is 1.84. The van der Waals surface area contributed by atoms with E-state index < -0.39 is 6.04 Å². The highest BCUT2D eigenvalue weighted by atomic mass is 19.1. The van der Waals surface area contributed by atoms with Crippen LogP contribution in [0.5, 0.6) is 0 Å². The minimum absolute atomic E-state index is 0.0387. The van der Waals surface area contributed by atoms with Crippen molar-refractivity contribution in [3.05, 3.63) is 41.5 Å². The number of likely N-dealkylation sites (tertiary alicyclic amines) is 1. The number of carbonyl (C=O) groups is 1. The van der Waals surface area contributed by atoms with Crippen LogP contribution < -0.4 is 0 Å². The Bertz CT molecular complexity index is 771. The van der Waals surface area contributed by atoms with Crippen LogP contribution in [0.3, 0.4) is 0 Å². The fourth-order valence-corrected chi connectivity index (χ4v) is 4.17. The predicted molar refractivity (Wildman–Crippen MR) is 101 cm³/mol. The van der Waals surface area contributed by atoms with Crippen molar-refractivity contribution in [3.8, 4) is 0 Å². The number of hydrogen-bond acceptors (Lipinski definition) is 4. The minimum atomic E-state index is -0.519. The Labute approximate surface area is 159 Å². The van der Waals surface area contributed by atoms with Crippen LogP contribution in [0.2, 0.25) is 0 Å². The quantitative estimate of drug-likeness (QED) is 0.779. The van der Waals surface area contributed by atoms with Crippen molar-refractivity contribution in [2.75, 3.05) is 13.1 Å². The second-order valence-electron chi connectivity index (χ2n) is 7.94. The van der Waals surface area contributed by atoms with Crippen molar-refractivity contribution in [1.29, 1.82) is 0 Å². The van der Waals surface area contributed by atoms with Crippen LogP contribution in [0.1, 0.15) is 57.0 Å². The second-order valence-corrected chi connectivity index (χ2v) is 7.94. The summed E-state index contributed by atoms with van der Waals surface area (Å²) < 4.78 is 14.9. The van der Waals surface area contributed by atoms with Crippen molar-refractivity contribution in [1.82, 2.24) is 25.1 Å². The summed E-state index contributed by atoms with van der Waals surface area (Å²) in [6.45, 7) is 7.78. The molecule has 0 radical (unpaired) electrons. The summed E-state index contributed by atoms with van der Waals surface area (Å²) in [5.74, 6) is 0.354. The normalized spacial score (nSPS) is 21.3. The molecular formula is C20H28FN5O. The third-order valence-electron chi connectivity index (χ3n) is 5.53. The summed E-state index contributed by atoms with van der Waals surface area (Å²) in [6.07, 6.45) is 4.83. The first-order valence-corrected chi connectivity index (χ1v) is 9.69. The lowest BCUT2D eigenvalue weighted by Crippen LogP contribution is -2.48. The van der Waals surface area contributed by atoms with Gasteiger partial charge in [0.2, 0.25) is 5.91 Å². The monoisotopic (exact) mass is 373 g/mol. The zero-order valence-electron chi connectivity index (χ0n) is 16.4. The Morgan fingerprint density at radius 2 is 2.07 bits per heavy atom. The molecule has 146 valence electrons. The third-order valence-corrected chi connectivity index (χ3v) is 5.53. The molecule has 2 atom stereocenters. The SMILES string of the molecule is CCC[C@@]1(C)CCCN(C(=O)[C@@H](Cc2ccc(F)cc2)n2nnnc2C)C1. The first kappa shape index (κ1) is 19.5. The highest BCUT2D eigenvalue weighted by Crippen LogP contribution is 2.35. The van der Waals surface area contributed by atoms with Gasteiger partial charge in [-0.25, -0.2) is 9.07 Å².